The van der Waals surface area contributed by atoms with E-state index in [-0.39, 0.29) is 34.9 Å². The van der Waals surface area contributed by atoms with Gasteiger partial charge >= 0.3 is 18.3 Å². The summed E-state index contributed by atoms with van der Waals surface area (Å²) in [5, 5.41) is 9.78. The van der Waals surface area contributed by atoms with Crippen molar-refractivity contribution in [2.75, 3.05) is 0 Å². The van der Waals surface area contributed by atoms with Gasteiger partial charge in [-0.1, -0.05) is 38.1 Å². The molecular weight excluding hydrogens is 460 g/mol. The molecule has 0 saturated heterocycles. The summed E-state index contributed by atoms with van der Waals surface area (Å²) < 4.78 is 78.5. The van der Waals surface area contributed by atoms with Gasteiger partial charge in [0.25, 0.3) is 0 Å². The lowest BCUT2D eigenvalue weighted by atomic mass is 9.89. The van der Waals surface area contributed by atoms with Crippen LogP contribution < -0.4 is 0 Å². The predicted octanol–water partition coefficient (Wildman–Crippen LogP) is 7.67. The van der Waals surface area contributed by atoms with Crippen LogP contribution in [0.25, 0.3) is 22.5 Å². The van der Waals surface area contributed by atoms with Crippen LogP contribution in [-0.4, -0.2) is 16.1 Å². The molecule has 1 atom stereocenters. The summed E-state index contributed by atoms with van der Waals surface area (Å²) in [4.78, 5) is 16.3. The quantitative estimate of drug-likeness (QED) is 0.368. The molecule has 1 aromatic heterocycles. The number of rotatable bonds is 6. The summed E-state index contributed by atoms with van der Waals surface area (Å²) in [7, 11) is 0. The van der Waals surface area contributed by atoms with Crippen molar-refractivity contribution in [2.24, 2.45) is 5.92 Å². The zero-order valence-electron chi connectivity index (χ0n) is 18.2. The fraction of sp³-hybridized carbons (Fsp3) is 0.280. The van der Waals surface area contributed by atoms with E-state index in [4.69, 9.17) is 0 Å². The Labute approximate surface area is 192 Å². The molecule has 3 rings (SSSR count). The molecule has 0 amide bonds. The number of carboxylic acids is 1. The second-order valence-electron chi connectivity index (χ2n) is 8.35. The van der Waals surface area contributed by atoms with E-state index < -0.39 is 35.4 Å². The molecule has 2 aromatic carbocycles. The second-order valence-corrected chi connectivity index (χ2v) is 8.35. The lowest BCUT2D eigenvalue weighted by molar-refractivity contribution is -0.139. The molecule has 0 bridgehead atoms. The largest absolute Gasteiger partial charge is 0.481 e. The number of carbonyl (C=O) groups is 1. The van der Waals surface area contributed by atoms with Gasteiger partial charge in [0.15, 0.2) is 0 Å². The number of nitrogens with zero attached hydrogens (tertiary/aromatic N) is 1. The zero-order chi connectivity index (χ0) is 25.3. The lowest BCUT2D eigenvalue weighted by Gasteiger charge is -2.18. The molecule has 1 heterocycles. The molecular formula is C25H21F6NO2. The van der Waals surface area contributed by atoms with E-state index in [0.717, 1.165) is 24.3 Å². The highest BCUT2D eigenvalue weighted by atomic mass is 19.4. The van der Waals surface area contributed by atoms with E-state index in [9.17, 15) is 36.2 Å². The molecule has 9 heteroatoms. The topological polar surface area (TPSA) is 50.2 Å². The van der Waals surface area contributed by atoms with Crippen molar-refractivity contribution in [2.45, 2.75) is 38.5 Å². The minimum atomic E-state index is -4.59. The van der Waals surface area contributed by atoms with Crippen LogP contribution in [0.3, 0.4) is 0 Å². The molecule has 1 N–H and O–H groups in total. The van der Waals surface area contributed by atoms with Crippen LogP contribution >= 0.6 is 0 Å². The minimum Gasteiger partial charge on any atom is -0.481 e. The highest BCUT2D eigenvalue weighted by molar-refractivity contribution is 5.78. The predicted molar refractivity (Wildman–Crippen MR) is 115 cm³/mol. The Morgan fingerprint density at radius 2 is 1.38 bits per heavy atom. The summed E-state index contributed by atoms with van der Waals surface area (Å²) in [5.41, 5.74) is -0.824. The van der Waals surface area contributed by atoms with Crippen molar-refractivity contribution in [1.29, 1.82) is 0 Å². The van der Waals surface area contributed by atoms with Gasteiger partial charge in [0, 0.05) is 11.1 Å². The van der Waals surface area contributed by atoms with Gasteiger partial charge in [-0.3, -0.25) is 4.79 Å². The number of hydrogen-bond acceptors (Lipinski definition) is 2. The van der Waals surface area contributed by atoms with Crippen LogP contribution in [0.15, 0.2) is 60.7 Å². The molecule has 0 aliphatic rings. The Bertz CT molecular complexity index is 1170. The van der Waals surface area contributed by atoms with E-state index in [1.807, 2.05) is 13.8 Å². The van der Waals surface area contributed by atoms with Gasteiger partial charge in [0.1, 0.15) is 0 Å². The third-order valence-electron chi connectivity index (χ3n) is 5.25. The molecule has 1 unspecified atom stereocenters. The van der Waals surface area contributed by atoms with Gasteiger partial charge in [-0.05, 0) is 54.3 Å². The first-order valence-electron chi connectivity index (χ1n) is 10.4. The summed E-state index contributed by atoms with van der Waals surface area (Å²) in [6.07, 6.45) is -8.87. The van der Waals surface area contributed by atoms with Gasteiger partial charge in [-0.25, -0.2) is 4.98 Å². The highest BCUT2D eigenvalue weighted by Gasteiger charge is 2.31. The number of halogens is 6. The van der Waals surface area contributed by atoms with Gasteiger partial charge in [-0.2, -0.15) is 26.3 Å². The fourth-order valence-electron chi connectivity index (χ4n) is 3.58. The van der Waals surface area contributed by atoms with Crippen LogP contribution in [0.1, 0.15) is 42.9 Å². The zero-order valence-corrected chi connectivity index (χ0v) is 18.2. The molecule has 0 aliphatic carbocycles. The smallest absolute Gasteiger partial charge is 0.416 e. The fourth-order valence-corrected chi connectivity index (χ4v) is 3.58. The first kappa shape index (κ1) is 25.3. The Kier molecular flexibility index (Phi) is 7.05. The molecule has 34 heavy (non-hydrogen) atoms. The minimum absolute atomic E-state index is 0.000733. The number of benzene rings is 2. The lowest BCUT2D eigenvalue weighted by Crippen LogP contribution is -2.14. The number of hydrogen-bond donors (Lipinski definition) is 1. The summed E-state index contributed by atoms with van der Waals surface area (Å²) >= 11 is 0. The molecule has 0 aliphatic heterocycles. The average Bonchev–Trinajstić information content (AvgIpc) is 2.76. The second kappa shape index (κ2) is 9.48. The molecule has 3 aromatic rings. The summed E-state index contributed by atoms with van der Waals surface area (Å²) in [6.45, 7) is 3.67. The van der Waals surface area contributed by atoms with E-state index >= 15 is 0 Å². The number of aromatic nitrogens is 1. The van der Waals surface area contributed by atoms with Gasteiger partial charge in [-0.15, -0.1) is 0 Å². The van der Waals surface area contributed by atoms with E-state index in [1.165, 1.54) is 36.4 Å². The highest BCUT2D eigenvalue weighted by Crippen LogP contribution is 2.36. The molecule has 0 fully saturated rings. The van der Waals surface area contributed by atoms with Crippen LogP contribution in [0.2, 0.25) is 0 Å². The van der Waals surface area contributed by atoms with Crippen molar-refractivity contribution < 1.29 is 36.2 Å². The molecule has 180 valence electrons. The maximum Gasteiger partial charge on any atom is 0.416 e. The Morgan fingerprint density at radius 3 is 1.88 bits per heavy atom. The van der Waals surface area contributed by atoms with Crippen molar-refractivity contribution in [3.8, 4) is 22.5 Å². The summed E-state index contributed by atoms with van der Waals surface area (Å²) in [6, 6.07) is 11.5. The average molecular weight is 481 g/mol. The standard InChI is InChI=1S/C25H21F6NO2/c1-14(2)10-20(23(33)34)17-12-21(15-6-8-18(9-7-15)24(26,27)28)32-22(13-17)16-4-3-5-19(11-16)25(29,30)31/h3-9,11-14,20H,10H2,1-2H3,(H,33,34). The van der Waals surface area contributed by atoms with E-state index in [2.05, 4.69) is 4.98 Å². The van der Waals surface area contributed by atoms with Crippen molar-refractivity contribution in [3.63, 3.8) is 0 Å². The number of pyridine rings is 1. The first-order chi connectivity index (χ1) is 15.8. The molecule has 0 spiro atoms. The van der Waals surface area contributed by atoms with Crippen molar-refractivity contribution in [1.82, 2.24) is 4.98 Å². The number of carboxylic acid groups (broad SMARTS) is 1. The van der Waals surface area contributed by atoms with Gasteiger partial charge in [0.05, 0.1) is 28.4 Å². The van der Waals surface area contributed by atoms with E-state index in [1.54, 1.807) is 0 Å². The maximum atomic E-state index is 13.2. The first-order valence-corrected chi connectivity index (χ1v) is 10.4. The van der Waals surface area contributed by atoms with Crippen LogP contribution in [0.5, 0.6) is 0 Å². The summed E-state index contributed by atoms with van der Waals surface area (Å²) in [5.74, 6) is -2.09. The van der Waals surface area contributed by atoms with Gasteiger partial charge < -0.3 is 5.11 Å². The number of aliphatic carboxylic acids is 1. The monoisotopic (exact) mass is 481 g/mol. The Balaban J connectivity index is 2.19. The number of alkyl halides is 6. The third-order valence-corrected chi connectivity index (χ3v) is 5.25. The van der Waals surface area contributed by atoms with Crippen LogP contribution in [-0.2, 0) is 17.1 Å². The van der Waals surface area contributed by atoms with Crippen molar-refractivity contribution in [3.05, 3.63) is 77.4 Å². The van der Waals surface area contributed by atoms with E-state index in [0.29, 0.717) is 5.56 Å². The molecule has 0 radical (unpaired) electrons. The SMILES string of the molecule is CC(C)CC(C(=O)O)c1cc(-c2ccc(C(F)(F)F)cc2)nc(-c2cccc(C(F)(F)F)c2)c1. The Hall–Kier alpha value is -3.36. The van der Waals surface area contributed by atoms with Crippen LogP contribution in [0, 0.1) is 5.92 Å². The normalized spacial score (nSPS) is 13.2. The molecule has 0 saturated carbocycles. The third kappa shape index (κ3) is 5.95. The molecule has 3 nitrogen and oxygen atoms in total. The van der Waals surface area contributed by atoms with Crippen molar-refractivity contribution >= 4 is 5.97 Å². The van der Waals surface area contributed by atoms with Gasteiger partial charge in [0.2, 0.25) is 0 Å². The van der Waals surface area contributed by atoms with Crippen LogP contribution in [0.4, 0.5) is 26.3 Å². The maximum absolute atomic E-state index is 13.2. The Morgan fingerprint density at radius 1 is 0.824 bits per heavy atom.